The van der Waals surface area contributed by atoms with Crippen molar-refractivity contribution < 1.29 is 4.79 Å². The van der Waals surface area contributed by atoms with Crippen LogP contribution in [-0.2, 0) is 4.79 Å². The third-order valence-corrected chi connectivity index (χ3v) is 2.82. The van der Waals surface area contributed by atoms with Crippen molar-refractivity contribution in [3.8, 4) is 0 Å². The number of rotatable bonds is 4. The van der Waals surface area contributed by atoms with Crippen LogP contribution in [0.5, 0.6) is 0 Å². The molecule has 0 radical (unpaired) electrons. The Balaban J connectivity index is 2.55. The first-order valence-corrected chi connectivity index (χ1v) is 5.64. The second-order valence-corrected chi connectivity index (χ2v) is 4.58. The smallest absolute Gasteiger partial charge is 0.236 e. The minimum absolute atomic E-state index is 0.116. The average Bonchev–Trinajstić information content (AvgIpc) is 2.65. The first kappa shape index (κ1) is 11.5. The van der Waals surface area contributed by atoms with E-state index in [0.29, 0.717) is 12.0 Å². The van der Waals surface area contributed by atoms with Crippen LogP contribution in [0.15, 0.2) is 0 Å². The highest BCUT2D eigenvalue weighted by Gasteiger charge is 2.25. The molecule has 1 rings (SSSR count). The molecule has 1 aliphatic carbocycles. The van der Waals surface area contributed by atoms with Crippen LogP contribution in [-0.4, -0.2) is 29.9 Å². The number of hydrogen-bond acceptors (Lipinski definition) is 2. The zero-order valence-corrected chi connectivity index (χ0v) is 9.33. The second kappa shape index (κ2) is 5.35. The van der Waals surface area contributed by atoms with E-state index in [-0.39, 0.29) is 12.5 Å². The maximum atomic E-state index is 11.6. The lowest BCUT2D eigenvalue weighted by Crippen LogP contribution is -2.44. The van der Waals surface area contributed by atoms with E-state index in [1.807, 2.05) is 4.90 Å². The molecule has 1 amide bonds. The first-order valence-electron chi connectivity index (χ1n) is 5.64. The van der Waals surface area contributed by atoms with Gasteiger partial charge in [0, 0.05) is 12.6 Å². The lowest BCUT2D eigenvalue weighted by atomic mass is 10.1. The number of nitrogens with zero attached hydrogens (tertiary/aromatic N) is 1. The molecule has 1 aliphatic rings. The highest BCUT2D eigenvalue weighted by atomic mass is 16.2. The molecule has 14 heavy (non-hydrogen) atoms. The van der Waals surface area contributed by atoms with Gasteiger partial charge in [0.05, 0.1) is 6.54 Å². The van der Waals surface area contributed by atoms with Crippen molar-refractivity contribution in [2.75, 3.05) is 13.1 Å². The maximum absolute atomic E-state index is 11.6. The van der Waals surface area contributed by atoms with Gasteiger partial charge in [0.2, 0.25) is 5.91 Å². The van der Waals surface area contributed by atoms with E-state index >= 15 is 0 Å². The van der Waals surface area contributed by atoms with Gasteiger partial charge in [0.25, 0.3) is 0 Å². The molecule has 82 valence electrons. The van der Waals surface area contributed by atoms with E-state index in [1.54, 1.807) is 0 Å². The van der Waals surface area contributed by atoms with E-state index in [2.05, 4.69) is 13.8 Å². The number of carbonyl (C=O) groups is 1. The average molecular weight is 198 g/mol. The van der Waals surface area contributed by atoms with Gasteiger partial charge in [-0.25, -0.2) is 0 Å². The molecule has 0 spiro atoms. The summed E-state index contributed by atoms with van der Waals surface area (Å²) in [4.78, 5) is 13.6. The molecule has 1 saturated carbocycles. The Kier molecular flexibility index (Phi) is 4.39. The van der Waals surface area contributed by atoms with Crippen LogP contribution in [0, 0.1) is 5.92 Å². The first-order chi connectivity index (χ1) is 6.65. The Morgan fingerprint density at radius 3 is 2.43 bits per heavy atom. The van der Waals surface area contributed by atoms with Gasteiger partial charge in [0.1, 0.15) is 0 Å². The van der Waals surface area contributed by atoms with Crippen molar-refractivity contribution in [3.63, 3.8) is 0 Å². The molecule has 3 heteroatoms. The van der Waals surface area contributed by atoms with Crippen molar-refractivity contribution in [1.82, 2.24) is 4.90 Å². The Labute approximate surface area is 86.6 Å². The van der Waals surface area contributed by atoms with Crippen LogP contribution >= 0.6 is 0 Å². The van der Waals surface area contributed by atoms with Crippen molar-refractivity contribution in [2.45, 2.75) is 45.6 Å². The molecule has 1 fully saturated rings. The summed E-state index contributed by atoms with van der Waals surface area (Å²) in [6.45, 7) is 5.31. The Morgan fingerprint density at radius 2 is 2.00 bits per heavy atom. The molecular weight excluding hydrogens is 176 g/mol. The van der Waals surface area contributed by atoms with E-state index < -0.39 is 0 Å². The fraction of sp³-hybridized carbons (Fsp3) is 0.909. The van der Waals surface area contributed by atoms with Gasteiger partial charge in [-0.15, -0.1) is 0 Å². The van der Waals surface area contributed by atoms with E-state index in [1.165, 1.54) is 25.7 Å². The normalized spacial score (nSPS) is 17.7. The fourth-order valence-electron chi connectivity index (χ4n) is 2.18. The van der Waals surface area contributed by atoms with Crippen LogP contribution in [0.4, 0.5) is 0 Å². The summed E-state index contributed by atoms with van der Waals surface area (Å²) in [5.74, 6) is 0.650. The summed E-state index contributed by atoms with van der Waals surface area (Å²) in [6.07, 6.45) is 4.85. The highest BCUT2D eigenvalue weighted by Crippen LogP contribution is 2.24. The van der Waals surface area contributed by atoms with Crippen LogP contribution in [0.1, 0.15) is 39.5 Å². The molecule has 0 bridgehead atoms. The second-order valence-electron chi connectivity index (χ2n) is 4.58. The highest BCUT2D eigenvalue weighted by molar-refractivity contribution is 5.78. The van der Waals surface area contributed by atoms with Gasteiger partial charge in [-0.2, -0.15) is 0 Å². The summed E-state index contributed by atoms with van der Waals surface area (Å²) < 4.78 is 0. The number of carbonyl (C=O) groups excluding carboxylic acids is 1. The van der Waals surface area contributed by atoms with Crippen molar-refractivity contribution >= 4 is 5.91 Å². The molecule has 0 atom stereocenters. The lowest BCUT2D eigenvalue weighted by molar-refractivity contribution is -0.132. The van der Waals surface area contributed by atoms with Crippen LogP contribution in [0.2, 0.25) is 0 Å². The molecule has 0 aromatic carbocycles. The van der Waals surface area contributed by atoms with Crippen molar-refractivity contribution in [2.24, 2.45) is 11.7 Å². The molecule has 0 aromatic rings. The largest absolute Gasteiger partial charge is 0.338 e. The minimum atomic E-state index is 0.116. The van der Waals surface area contributed by atoms with Gasteiger partial charge >= 0.3 is 0 Å². The molecule has 0 aromatic heterocycles. The van der Waals surface area contributed by atoms with Crippen molar-refractivity contribution in [3.05, 3.63) is 0 Å². The third-order valence-electron chi connectivity index (χ3n) is 2.82. The van der Waals surface area contributed by atoms with E-state index in [4.69, 9.17) is 5.73 Å². The van der Waals surface area contributed by atoms with Crippen LogP contribution < -0.4 is 5.73 Å². The van der Waals surface area contributed by atoms with Gasteiger partial charge in [-0.1, -0.05) is 26.7 Å². The predicted molar refractivity (Wildman–Crippen MR) is 57.9 cm³/mol. The summed E-state index contributed by atoms with van der Waals surface area (Å²) in [7, 11) is 0. The maximum Gasteiger partial charge on any atom is 0.236 e. The number of hydrogen-bond donors (Lipinski definition) is 1. The summed E-state index contributed by atoms with van der Waals surface area (Å²) >= 11 is 0. The quantitative estimate of drug-likeness (QED) is 0.741. The summed E-state index contributed by atoms with van der Waals surface area (Å²) in [6, 6.07) is 0.466. The Hall–Kier alpha value is -0.570. The monoisotopic (exact) mass is 198 g/mol. The third kappa shape index (κ3) is 2.98. The molecule has 0 unspecified atom stereocenters. The fourth-order valence-corrected chi connectivity index (χ4v) is 2.18. The number of amides is 1. The standard InChI is InChI=1S/C11H22N2O/c1-9(2)8-13(11(14)7-12)10-5-3-4-6-10/h9-10H,3-8,12H2,1-2H3. The van der Waals surface area contributed by atoms with Gasteiger partial charge in [-0.05, 0) is 18.8 Å². The van der Waals surface area contributed by atoms with E-state index in [9.17, 15) is 4.79 Å². The zero-order valence-electron chi connectivity index (χ0n) is 9.33. The minimum Gasteiger partial charge on any atom is -0.338 e. The van der Waals surface area contributed by atoms with Crippen LogP contribution in [0.3, 0.4) is 0 Å². The van der Waals surface area contributed by atoms with Crippen molar-refractivity contribution in [1.29, 1.82) is 0 Å². The zero-order chi connectivity index (χ0) is 10.6. The van der Waals surface area contributed by atoms with Gasteiger partial charge in [0.15, 0.2) is 0 Å². The summed E-state index contributed by atoms with van der Waals surface area (Å²) in [5.41, 5.74) is 5.43. The van der Waals surface area contributed by atoms with Gasteiger partial charge < -0.3 is 10.6 Å². The van der Waals surface area contributed by atoms with E-state index in [0.717, 1.165) is 6.54 Å². The molecule has 0 aliphatic heterocycles. The topological polar surface area (TPSA) is 46.3 Å². The SMILES string of the molecule is CC(C)CN(C(=O)CN)C1CCCC1. The lowest BCUT2D eigenvalue weighted by Gasteiger charge is -2.30. The molecule has 2 N–H and O–H groups in total. The molecule has 0 saturated heterocycles. The Morgan fingerprint density at radius 1 is 1.43 bits per heavy atom. The Bertz CT molecular complexity index is 186. The van der Waals surface area contributed by atoms with Crippen LogP contribution in [0.25, 0.3) is 0 Å². The molecule has 0 heterocycles. The van der Waals surface area contributed by atoms with Gasteiger partial charge in [-0.3, -0.25) is 4.79 Å². The predicted octanol–water partition coefficient (Wildman–Crippen LogP) is 1.37. The molecule has 3 nitrogen and oxygen atoms in total. The molecular formula is C11H22N2O. The summed E-state index contributed by atoms with van der Waals surface area (Å²) in [5, 5.41) is 0. The number of nitrogens with two attached hydrogens (primary N) is 1.